The van der Waals surface area contributed by atoms with Gasteiger partial charge in [0.25, 0.3) is 5.91 Å². The van der Waals surface area contributed by atoms with Gasteiger partial charge in [0.2, 0.25) is 23.1 Å². The van der Waals surface area contributed by atoms with Crippen molar-refractivity contribution in [2.24, 2.45) is 5.73 Å². The van der Waals surface area contributed by atoms with Gasteiger partial charge < -0.3 is 25.6 Å². The van der Waals surface area contributed by atoms with Gasteiger partial charge in [0.1, 0.15) is 11.4 Å². The molecule has 18 heteroatoms. The summed E-state index contributed by atoms with van der Waals surface area (Å²) in [4.78, 5) is 95.1. The summed E-state index contributed by atoms with van der Waals surface area (Å²) in [6, 6.07) is 5.91. The summed E-state index contributed by atoms with van der Waals surface area (Å²) < 4.78 is 9.56. The predicted molar refractivity (Wildman–Crippen MR) is 189 cm³/mol. The second-order valence-corrected chi connectivity index (χ2v) is 14.6. The lowest BCUT2D eigenvalue weighted by Gasteiger charge is -2.08. The topological polar surface area (TPSA) is 213 Å². The minimum absolute atomic E-state index is 0. The van der Waals surface area contributed by atoms with Gasteiger partial charge >= 0.3 is 17.9 Å². The standard InChI is InChI=1S/C16H13NO5S2.C11H4O4S2.C5H11NO2.ClH/c1-7(2)22-11(18)6-17-16(21)10-5-9-13(20)14-8(3-4-23-14)12(19)15(9)24-10;12-7-4-1-2-16-9(4)8(13)5-3-6(11(14)15)17-10(5)7;1-4(2)8-5(7)3-6;/h3-5,7H,6H2,1-2H3,(H,17,21);1-3H,(H,14,15);4H,3,6H2,1-2H3;1H. The summed E-state index contributed by atoms with van der Waals surface area (Å²) >= 11 is 4.23. The molecule has 13 nitrogen and oxygen atoms in total. The fraction of sp³-hybridized carbons (Fsp3) is 0.250. The molecule has 0 aliphatic heterocycles. The van der Waals surface area contributed by atoms with Crippen molar-refractivity contribution in [3.05, 3.63) is 86.5 Å². The second-order valence-electron chi connectivity index (χ2n) is 10.6. The Hall–Kier alpha value is -4.39. The Bertz CT molecular complexity index is 1900. The zero-order chi connectivity index (χ0) is 36.2. The Morgan fingerprint density at radius 3 is 1.54 bits per heavy atom. The molecule has 2 aliphatic carbocycles. The summed E-state index contributed by atoms with van der Waals surface area (Å²) in [6.45, 7) is 6.69. The highest BCUT2D eigenvalue weighted by Gasteiger charge is 2.35. The van der Waals surface area contributed by atoms with E-state index in [-0.39, 0.29) is 97.4 Å². The van der Waals surface area contributed by atoms with Crippen LogP contribution in [0.2, 0.25) is 0 Å². The molecule has 6 rings (SSSR count). The molecular weight excluding hydrogens is 752 g/mol. The molecular formula is C32H29ClN2O11S4. The molecule has 0 unspecified atom stereocenters. The molecule has 0 bridgehead atoms. The molecule has 4 aromatic heterocycles. The first kappa shape index (κ1) is 40.0. The molecule has 4 heterocycles. The quantitative estimate of drug-likeness (QED) is 0.185. The summed E-state index contributed by atoms with van der Waals surface area (Å²) in [5.74, 6) is -3.53. The maximum Gasteiger partial charge on any atom is 0.345 e. The summed E-state index contributed by atoms with van der Waals surface area (Å²) in [5.41, 5.74) is 6.17. The van der Waals surface area contributed by atoms with Gasteiger partial charge in [0.05, 0.1) is 43.1 Å². The average Bonchev–Trinajstić information content (AvgIpc) is 3.86. The van der Waals surface area contributed by atoms with E-state index in [9.17, 15) is 38.4 Å². The van der Waals surface area contributed by atoms with Crippen molar-refractivity contribution in [3.8, 4) is 0 Å². The maximum absolute atomic E-state index is 12.4. The van der Waals surface area contributed by atoms with Gasteiger partial charge in [-0.15, -0.1) is 57.8 Å². The Labute approximate surface area is 306 Å². The number of hydrogen-bond acceptors (Lipinski definition) is 15. The van der Waals surface area contributed by atoms with Gasteiger partial charge in [0, 0.05) is 22.3 Å². The lowest BCUT2D eigenvalue weighted by atomic mass is 9.96. The number of nitrogens with one attached hydrogen (secondary N) is 1. The molecule has 0 fully saturated rings. The molecule has 0 radical (unpaired) electrons. The largest absolute Gasteiger partial charge is 0.477 e. The van der Waals surface area contributed by atoms with E-state index >= 15 is 0 Å². The number of aromatic carboxylic acids is 1. The number of fused-ring (bicyclic) bond motifs is 4. The van der Waals surface area contributed by atoms with Gasteiger partial charge in [-0.05, 0) is 62.7 Å². The van der Waals surface area contributed by atoms with E-state index < -0.39 is 17.8 Å². The van der Waals surface area contributed by atoms with E-state index in [1.807, 2.05) is 0 Å². The number of rotatable bonds is 7. The Balaban J connectivity index is 0.000000227. The molecule has 0 atom stereocenters. The van der Waals surface area contributed by atoms with Crippen LogP contribution in [-0.4, -0.2) is 77.4 Å². The third kappa shape index (κ3) is 8.85. The summed E-state index contributed by atoms with van der Waals surface area (Å²) in [7, 11) is 0. The van der Waals surface area contributed by atoms with Gasteiger partial charge in [-0.25, -0.2) is 4.79 Å². The highest BCUT2D eigenvalue weighted by atomic mass is 35.5. The molecule has 0 spiro atoms. The normalized spacial score (nSPS) is 12.2. The minimum Gasteiger partial charge on any atom is -0.477 e. The fourth-order valence-electron chi connectivity index (χ4n) is 4.35. The number of carbonyl (C=O) groups is 8. The lowest BCUT2D eigenvalue weighted by Crippen LogP contribution is -2.31. The van der Waals surface area contributed by atoms with Crippen LogP contribution < -0.4 is 11.1 Å². The Morgan fingerprint density at radius 1 is 0.700 bits per heavy atom. The van der Waals surface area contributed by atoms with E-state index in [0.717, 1.165) is 22.7 Å². The van der Waals surface area contributed by atoms with Crippen molar-refractivity contribution in [3.63, 3.8) is 0 Å². The third-order valence-electron chi connectivity index (χ3n) is 6.33. The van der Waals surface area contributed by atoms with Crippen molar-refractivity contribution in [2.45, 2.75) is 39.9 Å². The Morgan fingerprint density at radius 2 is 1.12 bits per heavy atom. The second kappa shape index (κ2) is 17.0. The zero-order valence-corrected chi connectivity index (χ0v) is 30.8. The maximum atomic E-state index is 12.4. The monoisotopic (exact) mass is 780 g/mol. The molecule has 50 heavy (non-hydrogen) atoms. The predicted octanol–water partition coefficient (Wildman–Crippen LogP) is 4.87. The van der Waals surface area contributed by atoms with Crippen LogP contribution in [0.5, 0.6) is 0 Å². The number of amides is 1. The zero-order valence-electron chi connectivity index (χ0n) is 26.7. The van der Waals surface area contributed by atoms with E-state index in [1.165, 1.54) is 34.8 Å². The van der Waals surface area contributed by atoms with Crippen molar-refractivity contribution >= 4 is 105 Å². The number of carbonyl (C=O) groups excluding carboxylic acids is 7. The van der Waals surface area contributed by atoms with Crippen LogP contribution >= 0.6 is 57.8 Å². The van der Waals surface area contributed by atoms with Gasteiger partial charge in [-0.2, -0.15) is 0 Å². The first-order chi connectivity index (χ1) is 23.1. The number of carboxylic acid groups (broad SMARTS) is 1. The van der Waals surface area contributed by atoms with E-state index in [2.05, 4.69) is 10.1 Å². The van der Waals surface area contributed by atoms with Gasteiger partial charge in [-0.3, -0.25) is 33.6 Å². The smallest absolute Gasteiger partial charge is 0.345 e. The first-order valence-electron chi connectivity index (χ1n) is 14.4. The highest BCUT2D eigenvalue weighted by molar-refractivity contribution is 7.18. The molecule has 4 N–H and O–H groups in total. The van der Waals surface area contributed by atoms with E-state index in [1.54, 1.807) is 50.6 Å². The molecule has 0 saturated carbocycles. The van der Waals surface area contributed by atoms with Gasteiger partial charge in [-0.1, -0.05) is 0 Å². The third-order valence-corrected chi connectivity index (χ3v) is 10.4. The van der Waals surface area contributed by atoms with E-state index in [4.69, 9.17) is 15.6 Å². The first-order valence-corrected chi connectivity index (χ1v) is 17.8. The number of ketones is 4. The summed E-state index contributed by atoms with van der Waals surface area (Å²) in [6.07, 6.45) is -0.316. The van der Waals surface area contributed by atoms with Crippen LogP contribution in [-0.2, 0) is 19.1 Å². The van der Waals surface area contributed by atoms with Crippen LogP contribution in [0.3, 0.4) is 0 Å². The van der Waals surface area contributed by atoms with Crippen LogP contribution in [0.1, 0.15) is 108 Å². The fourth-order valence-corrected chi connectivity index (χ4v) is 8.01. The minimum atomic E-state index is -1.12. The van der Waals surface area contributed by atoms with Crippen LogP contribution in [0, 0.1) is 0 Å². The number of halogens is 1. The molecule has 1 amide bonds. The van der Waals surface area contributed by atoms with Crippen molar-refractivity contribution in [1.29, 1.82) is 0 Å². The number of nitrogens with two attached hydrogens (primary N) is 1. The lowest BCUT2D eigenvalue weighted by molar-refractivity contribution is -0.146. The van der Waals surface area contributed by atoms with Crippen LogP contribution in [0.15, 0.2) is 35.0 Å². The van der Waals surface area contributed by atoms with Crippen molar-refractivity contribution < 1.29 is 52.9 Å². The molecule has 0 aromatic carbocycles. The van der Waals surface area contributed by atoms with E-state index in [0.29, 0.717) is 20.9 Å². The van der Waals surface area contributed by atoms with Crippen molar-refractivity contribution in [1.82, 2.24) is 5.32 Å². The molecule has 4 aromatic rings. The molecule has 0 saturated heterocycles. The Kier molecular flexibility index (Phi) is 13.6. The number of hydrogen-bond donors (Lipinski definition) is 3. The SMILES string of the molecule is CC(C)OC(=O)CN.CC(C)OC(=O)CNC(=O)c1cc2c(s1)C(=O)c1ccsc1C2=O.Cl.O=C(O)c1cc2c(s1)C(=O)c1ccsc1C2=O. The van der Waals surface area contributed by atoms with Gasteiger partial charge in [0.15, 0.2) is 0 Å². The van der Waals surface area contributed by atoms with Crippen LogP contribution in [0.4, 0.5) is 0 Å². The summed E-state index contributed by atoms with van der Waals surface area (Å²) in [5, 5.41) is 14.7. The van der Waals surface area contributed by atoms with Crippen molar-refractivity contribution in [2.75, 3.05) is 13.1 Å². The number of thiophene rings is 4. The average molecular weight is 781 g/mol. The number of ether oxygens (including phenoxy) is 2. The number of esters is 2. The number of carboxylic acids is 1. The molecule has 2 aliphatic rings. The molecule has 264 valence electrons. The van der Waals surface area contributed by atoms with Crippen LogP contribution in [0.25, 0.3) is 0 Å². The highest BCUT2D eigenvalue weighted by Crippen LogP contribution is 2.36.